The quantitative estimate of drug-likeness (QED) is 0.522. The lowest BCUT2D eigenvalue weighted by atomic mass is 10.0. The first-order valence-corrected chi connectivity index (χ1v) is 7.34. The molecule has 1 unspecified atom stereocenters. The molecule has 0 fully saturated rings. The Hall–Kier alpha value is -1.82. The summed E-state index contributed by atoms with van der Waals surface area (Å²) in [5.74, 6) is -0.351. The van der Waals surface area contributed by atoms with E-state index in [1.807, 2.05) is 34.0 Å². The summed E-state index contributed by atoms with van der Waals surface area (Å²) < 4.78 is 5.44. The largest absolute Gasteiger partial charge is 0.495 e. The molecule has 0 aromatic heterocycles. The van der Waals surface area contributed by atoms with Crippen LogP contribution in [0.2, 0.25) is 0 Å². The third-order valence-electron chi connectivity index (χ3n) is 3.58. The highest BCUT2D eigenvalue weighted by molar-refractivity contribution is 5.96. The van der Waals surface area contributed by atoms with E-state index in [0.29, 0.717) is 5.76 Å². The smallest absolute Gasteiger partial charge is 0.233 e. The van der Waals surface area contributed by atoms with Gasteiger partial charge in [0.25, 0.3) is 0 Å². The first-order chi connectivity index (χ1) is 10.2. The minimum absolute atomic E-state index is 0.308. The molecule has 0 rings (SSSR count). The summed E-state index contributed by atoms with van der Waals surface area (Å²) in [5.41, 5.74) is 1.81. The number of carbonyl (C=O) groups excluding carboxylic acids is 2. The van der Waals surface area contributed by atoms with Gasteiger partial charge in [0.05, 0.1) is 18.7 Å². The number of likely N-dealkylation sites (N-methyl/N-ethyl adjacent to an activating group) is 2. The molecule has 0 heterocycles. The third-order valence-corrected chi connectivity index (χ3v) is 3.58. The molecule has 0 aromatic rings. The topological polar surface area (TPSA) is 70.7 Å². The van der Waals surface area contributed by atoms with Crippen molar-refractivity contribution < 1.29 is 14.3 Å². The van der Waals surface area contributed by atoms with Gasteiger partial charge in [-0.3, -0.25) is 14.9 Å². The average Bonchev–Trinajstić information content (AvgIpc) is 2.47. The molecular weight excluding hydrogens is 282 g/mol. The molecule has 22 heavy (non-hydrogen) atoms. The molecule has 0 aliphatic heterocycles. The lowest BCUT2D eigenvalue weighted by molar-refractivity contribution is -0.130. The zero-order valence-corrected chi connectivity index (χ0v) is 14.7. The van der Waals surface area contributed by atoms with Crippen LogP contribution < -0.4 is 10.6 Å². The number of carbonyl (C=O) groups is 2. The fourth-order valence-corrected chi connectivity index (χ4v) is 1.77. The number of ether oxygens (including phenoxy) is 1. The predicted molar refractivity (Wildman–Crippen MR) is 88.0 cm³/mol. The minimum Gasteiger partial charge on any atom is -0.495 e. The van der Waals surface area contributed by atoms with E-state index in [0.717, 1.165) is 24.4 Å². The van der Waals surface area contributed by atoms with Crippen molar-refractivity contribution in [2.75, 3.05) is 34.3 Å². The molecule has 126 valence electrons. The van der Waals surface area contributed by atoms with Crippen LogP contribution in [0, 0.1) is 5.92 Å². The summed E-state index contributed by atoms with van der Waals surface area (Å²) in [7, 11) is 5.50. The van der Waals surface area contributed by atoms with E-state index in [9.17, 15) is 9.59 Å². The van der Waals surface area contributed by atoms with Gasteiger partial charge in [0, 0.05) is 27.1 Å². The maximum atomic E-state index is 11.9. The highest BCUT2D eigenvalue weighted by Gasteiger charge is 2.17. The Morgan fingerprint density at radius 2 is 1.86 bits per heavy atom. The lowest BCUT2D eigenvalue weighted by Gasteiger charge is -2.22. The zero-order chi connectivity index (χ0) is 17.3. The third kappa shape index (κ3) is 6.76. The number of imide groups is 1. The van der Waals surface area contributed by atoms with Gasteiger partial charge >= 0.3 is 0 Å². The van der Waals surface area contributed by atoms with Gasteiger partial charge in [0.1, 0.15) is 5.76 Å². The van der Waals surface area contributed by atoms with Crippen LogP contribution in [0.15, 0.2) is 23.1 Å². The summed E-state index contributed by atoms with van der Waals surface area (Å²) >= 11 is 0. The number of rotatable bonds is 8. The SMILES string of the molecule is CNCCN(C)/C(C)=C(/C=C(\C)C(C)C(=O)NC(C)=O)OC. The van der Waals surface area contributed by atoms with Gasteiger partial charge in [-0.2, -0.15) is 0 Å². The fourth-order valence-electron chi connectivity index (χ4n) is 1.77. The monoisotopic (exact) mass is 311 g/mol. The van der Waals surface area contributed by atoms with Crippen LogP contribution >= 0.6 is 0 Å². The predicted octanol–water partition coefficient (Wildman–Crippen LogP) is 1.26. The van der Waals surface area contributed by atoms with E-state index in [-0.39, 0.29) is 11.8 Å². The minimum atomic E-state index is -0.399. The van der Waals surface area contributed by atoms with Gasteiger partial charge in [-0.05, 0) is 33.9 Å². The second-order valence-electron chi connectivity index (χ2n) is 5.33. The number of amides is 2. The summed E-state index contributed by atoms with van der Waals surface area (Å²) in [5, 5.41) is 5.40. The summed E-state index contributed by atoms with van der Waals surface area (Å²) in [6, 6.07) is 0. The normalized spacial score (nSPS) is 14.0. The van der Waals surface area contributed by atoms with Crippen LogP contribution in [-0.4, -0.2) is 51.0 Å². The molecule has 0 saturated carbocycles. The first kappa shape index (κ1) is 20.2. The van der Waals surface area contributed by atoms with Crippen LogP contribution in [0.25, 0.3) is 0 Å². The van der Waals surface area contributed by atoms with Crippen LogP contribution in [0.1, 0.15) is 27.7 Å². The maximum Gasteiger partial charge on any atom is 0.233 e. The number of methoxy groups -OCH3 is 1. The van der Waals surface area contributed by atoms with Gasteiger partial charge < -0.3 is 15.0 Å². The van der Waals surface area contributed by atoms with Crippen molar-refractivity contribution in [1.82, 2.24) is 15.5 Å². The first-order valence-electron chi connectivity index (χ1n) is 7.34. The molecule has 0 aliphatic carbocycles. The second-order valence-corrected chi connectivity index (χ2v) is 5.33. The van der Waals surface area contributed by atoms with Crippen molar-refractivity contribution in [2.45, 2.75) is 27.7 Å². The molecule has 0 radical (unpaired) electrons. The van der Waals surface area contributed by atoms with Gasteiger partial charge in [-0.25, -0.2) is 0 Å². The van der Waals surface area contributed by atoms with Crippen LogP contribution in [0.5, 0.6) is 0 Å². The van der Waals surface area contributed by atoms with Crippen molar-refractivity contribution in [1.29, 1.82) is 0 Å². The molecular formula is C16H29N3O3. The molecule has 0 aromatic carbocycles. The Kier molecular flexibility index (Phi) is 9.17. The van der Waals surface area contributed by atoms with Crippen LogP contribution in [-0.2, 0) is 14.3 Å². The van der Waals surface area contributed by atoms with E-state index in [1.165, 1.54) is 6.92 Å². The van der Waals surface area contributed by atoms with Crippen molar-refractivity contribution in [3.63, 3.8) is 0 Å². The van der Waals surface area contributed by atoms with Crippen molar-refractivity contribution >= 4 is 11.8 Å². The molecule has 2 amide bonds. The zero-order valence-electron chi connectivity index (χ0n) is 14.7. The van der Waals surface area contributed by atoms with Gasteiger partial charge in [0.15, 0.2) is 0 Å². The fraction of sp³-hybridized carbons (Fsp3) is 0.625. The maximum absolute atomic E-state index is 11.9. The van der Waals surface area contributed by atoms with Crippen molar-refractivity contribution in [2.24, 2.45) is 5.92 Å². The summed E-state index contributed by atoms with van der Waals surface area (Å²) in [4.78, 5) is 24.9. The molecule has 6 heteroatoms. The lowest BCUT2D eigenvalue weighted by Crippen LogP contribution is -2.33. The van der Waals surface area contributed by atoms with Gasteiger partial charge in [0.2, 0.25) is 11.8 Å². The van der Waals surface area contributed by atoms with E-state index in [2.05, 4.69) is 15.5 Å². The highest BCUT2D eigenvalue weighted by atomic mass is 16.5. The summed E-state index contributed by atoms with van der Waals surface area (Å²) in [6.45, 7) is 8.62. The number of allylic oxidation sites excluding steroid dienone is 2. The van der Waals surface area contributed by atoms with E-state index >= 15 is 0 Å². The van der Waals surface area contributed by atoms with Crippen LogP contribution in [0.3, 0.4) is 0 Å². The Morgan fingerprint density at radius 1 is 1.27 bits per heavy atom. The number of hydrogen-bond donors (Lipinski definition) is 2. The molecule has 0 spiro atoms. The Labute approximate surface area is 133 Å². The molecule has 6 nitrogen and oxygen atoms in total. The Balaban J connectivity index is 5.15. The number of nitrogens with one attached hydrogen (secondary N) is 2. The highest BCUT2D eigenvalue weighted by Crippen LogP contribution is 2.17. The van der Waals surface area contributed by atoms with Crippen molar-refractivity contribution in [3.05, 3.63) is 23.1 Å². The van der Waals surface area contributed by atoms with Gasteiger partial charge in [-0.1, -0.05) is 5.57 Å². The molecule has 0 aliphatic rings. The molecule has 1 atom stereocenters. The number of hydrogen-bond acceptors (Lipinski definition) is 5. The van der Waals surface area contributed by atoms with E-state index in [1.54, 1.807) is 14.0 Å². The molecule has 2 N–H and O–H groups in total. The van der Waals surface area contributed by atoms with Crippen molar-refractivity contribution in [3.8, 4) is 0 Å². The Morgan fingerprint density at radius 3 is 2.32 bits per heavy atom. The average molecular weight is 311 g/mol. The van der Waals surface area contributed by atoms with E-state index in [4.69, 9.17) is 4.74 Å². The summed E-state index contributed by atoms with van der Waals surface area (Å²) in [6.07, 6.45) is 1.84. The van der Waals surface area contributed by atoms with E-state index < -0.39 is 5.92 Å². The second kappa shape index (κ2) is 10.00. The van der Waals surface area contributed by atoms with Crippen LogP contribution in [0.4, 0.5) is 0 Å². The molecule has 0 saturated heterocycles. The standard InChI is InChI=1S/C16H29N3O3/c1-11(12(2)16(21)18-14(4)20)10-15(22-7)13(3)19(6)9-8-17-5/h10,12,17H,8-9H2,1-7H3,(H,18,20,21)/b11-10+,15-13-. The number of nitrogens with zero attached hydrogens (tertiary/aromatic N) is 1. The van der Waals surface area contributed by atoms with Gasteiger partial charge in [-0.15, -0.1) is 0 Å². The Bertz CT molecular complexity index is 456. The molecule has 0 bridgehead atoms.